The summed E-state index contributed by atoms with van der Waals surface area (Å²) < 4.78 is 0. The van der Waals surface area contributed by atoms with E-state index < -0.39 is 11.1 Å². The predicted octanol–water partition coefficient (Wildman–Crippen LogP) is 4.09. The number of hydrogen-bond donors (Lipinski definition) is 1. The number of carbonyl (C=O) groups excluding carboxylic acids is 4. The Morgan fingerprint density at radius 1 is 0.679 bits per heavy atom. The zero-order chi connectivity index (χ0) is 19.8. The fraction of sp³-hybridized carbons (Fsp3) is 0. The van der Waals surface area contributed by atoms with E-state index in [1.165, 1.54) is 24.3 Å². The van der Waals surface area contributed by atoms with Crippen molar-refractivity contribution < 1.29 is 19.2 Å². The SMILES string of the molecule is O=C(Cl)c1ccc(C(=O)Nc2cccc3c2C(=O)c2ccccc2C3=O)cc1. The number of fused-ring (bicyclic) bond motifs is 2. The highest BCUT2D eigenvalue weighted by atomic mass is 35.5. The molecule has 4 rings (SSSR count). The standard InChI is InChI=1S/C22H12ClNO4/c23-21(27)12-8-10-13(11-9-12)22(28)24-17-7-3-6-16-18(17)20(26)15-5-2-1-4-14(15)19(16)25/h1-11H,(H,24,28). The Balaban J connectivity index is 1.71. The van der Waals surface area contributed by atoms with Gasteiger partial charge in [-0.25, -0.2) is 0 Å². The molecule has 28 heavy (non-hydrogen) atoms. The quantitative estimate of drug-likeness (QED) is 0.535. The maximum Gasteiger partial charge on any atom is 0.255 e. The van der Waals surface area contributed by atoms with Gasteiger partial charge in [0.25, 0.3) is 11.1 Å². The summed E-state index contributed by atoms with van der Waals surface area (Å²) in [6.07, 6.45) is 0. The van der Waals surface area contributed by atoms with Gasteiger partial charge >= 0.3 is 0 Å². The van der Waals surface area contributed by atoms with Crippen LogP contribution in [-0.2, 0) is 0 Å². The maximum absolute atomic E-state index is 13.0. The number of amides is 1. The van der Waals surface area contributed by atoms with Crippen LogP contribution in [-0.4, -0.2) is 22.7 Å². The minimum absolute atomic E-state index is 0.173. The molecule has 0 saturated carbocycles. The van der Waals surface area contributed by atoms with Crippen molar-refractivity contribution in [1.82, 2.24) is 0 Å². The van der Waals surface area contributed by atoms with Gasteiger partial charge in [-0.15, -0.1) is 0 Å². The summed E-state index contributed by atoms with van der Waals surface area (Å²) in [5.74, 6) is -1.04. The van der Waals surface area contributed by atoms with Gasteiger partial charge in [-0.05, 0) is 41.9 Å². The molecular formula is C22H12ClNO4. The van der Waals surface area contributed by atoms with Crippen LogP contribution in [0, 0.1) is 0 Å². The van der Waals surface area contributed by atoms with Gasteiger partial charge in [0.05, 0.1) is 11.3 Å². The van der Waals surface area contributed by atoms with Crippen LogP contribution in [0.2, 0.25) is 0 Å². The van der Waals surface area contributed by atoms with E-state index in [9.17, 15) is 19.2 Å². The number of benzene rings is 3. The lowest BCUT2D eigenvalue weighted by Gasteiger charge is -2.20. The fourth-order valence-electron chi connectivity index (χ4n) is 3.20. The van der Waals surface area contributed by atoms with Gasteiger partial charge in [0.2, 0.25) is 0 Å². The molecule has 0 aliphatic heterocycles. The molecule has 3 aromatic rings. The van der Waals surface area contributed by atoms with Crippen LogP contribution in [0.3, 0.4) is 0 Å². The lowest BCUT2D eigenvalue weighted by atomic mass is 9.83. The number of halogens is 1. The molecule has 0 heterocycles. The number of carbonyl (C=O) groups is 4. The van der Waals surface area contributed by atoms with Gasteiger partial charge in [0.15, 0.2) is 11.6 Å². The summed E-state index contributed by atoms with van der Waals surface area (Å²) in [4.78, 5) is 49.4. The number of ketones is 2. The average Bonchev–Trinajstić information content (AvgIpc) is 2.72. The summed E-state index contributed by atoms with van der Waals surface area (Å²) in [6.45, 7) is 0. The molecule has 1 amide bonds. The van der Waals surface area contributed by atoms with Crippen LogP contribution < -0.4 is 5.32 Å². The maximum atomic E-state index is 13.0. The zero-order valence-electron chi connectivity index (χ0n) is 14.4. The number of nitrogens with one attached hydrogen (secondary N) is 1. The van der Waals surface area contributed by atoms with Crippen LogP contribution in [0.4, 0.5) is 5.69 Å². The average molecular weight is 390 g/mol. The monoisotopic (exact) mass is 389 g/mol. The molecule has 1 aliphatic carbocycles. The first kappa shape index (κ1) is 17.8. The molecule has 3 aromatic carbocycles. The van der Waals surface area contributed by atoms with Crippen LogP contribution in [0.25, 0.3) is 0 Å². The van der Waals surface area contributed by atoms with Gasteiger partial charge in [0.1, 0.15) is 0 Å². The number of anilines is 1. The molecule has 0 bridgehead atoms. The first-order chi connectivity index (χ1) is 13.5. The van der Waals surface area contributed by atoms with Gasteiger partial charge in [-0.3, -0.25) is 19.2 Å². The predicted molar refractivity (Wildman–Crippen MR) is 104 cm³/mol. The van der Waals surface area contributed by atoms with E-state index >= 15 is 0 Å². The van der Waals surface area contributed by atoms with E-state index in [1.807, 2.05) is 0 Å². The van der Waals surface area contributed by atoms with Crippen molar-refractivity contribution in [2.24, 2.45) is 0 Å². The number of hydrogen-bond acceptors (Lipinski definition) is 4. The lowest BCUT2D eigenvalue weighted by molar-refractivity contribution is 0.0978. The highest BCUT2D eigenvalue weighted by Crippen LogP contribution is 2.32. The molecular weight excluding hydrogens is 378 g/mol. The topological polar surface area (TPSA) is 80.3 Å². The summed E-state index contributed by atoms with van der Waals surface area (Å²) in [7, 11) is 0. The zero-order valence-corrected chi connectivity index (χ0v) is 15.1. The Bertz CT molecular complexity index is 1170. The summed E-state index contributed by atoms with van der Waals surface area (Å²) >= 11 is 5.41. The molecule has 0 unspecified atom stereocenters. The van der Waals surface area contributed by atoms with Gasteiger partial charge < -0.3 is 5.32 Å². The first-order valence-corrected chi connectivity index (χ1v) is 8.78. The Labute approximate surface area is 164 Å². The minimum atomic E-state index is -0.619. The Morgan fingerprint density at radius 2 is 1.25 bits per heavy atom. The first-order valence-electron chi connectivity index (χ1n) is 8.40. The Morgan fingerprint density at radius 3 is 1.89 bits per heavy atom. The van der Waals surface area contributed by atoms with Crippen LogP contribution in [0.1, 0.15) is 52.6 Å². The Hall–Kier alpha value is -3.57. The fourth-order valence-corrected chi connectivity index (χ4v) is 3.32. The normalized spacial score (nSPS) is 12.2. The summed E-state index contributed by atoms with van der Waals surface area (Å²) in [6, 6.07) is 17.2. The van der Waals surface area contributed by atoms with Gasteiger partial charge in [-0.1, -0.05) is 36.4 Å². The van der Waals surface area contributed by atoms with E-state index in [1.54, 1.807) is 42.5 Å². The molecule has 0 saturated heterocycles. The van der Waals surface area contributed by atoms with E-state index in [0.29, 0.717) is 11.1 Å². The van der Waals surface area contributed by atoms with E-state index in [0.717, 1.165) is 0 Å². The Kier molecular flexibility index (Phi) is 4.37. The van der Waals surface area contributed by atoms with Crippen LogP contribution >= 0.6 is 11.6 Å². The summed E-state index contributed by atoms with van der Waals surface area (Å²) in [5, 5.41) is 2.07. The second kappa shape index (κ2) is 6.87. The van der Waals surface area contributed by atoms with Crippen LogP contribution in [0.5, 0.6) is 0 Å². The highest BCUT2D eigenvalue weighted by molar-refractivity contribution is 6.67. The van der Waals surface area contributed by atoms with Crippen molar-refractivity contribution in [3.8, 4) is 0 Å². The molecule has 1 N–H and O–H groups in total. The van der Waals surface area contributed by atoms with Crippen LogP contribution in [0.15, 0.2) is 66.7 Å². The van der Waals surface area contributed by atoms with E-state index in [4.69, 9.17) is 11.6 Å². The van der Waals surface area contributed by atoms with Crippen molar-refractivity contribution in [3.05, 3.63) is 100 Å². The van der Waals surface area contributed by atoms with E-state index in [2.05, 4.69) is 5.32 Å². The third kappa shape index (κ3) is 2.92. The van der Waals surface area contributed by atoms with E-state index in [-0.39, 0.29) is 39.5 Å². The van der Waals surface area contributed by atoms with Gasteiger partial charge in [0, 0.05) is 27.8 Å². The van der Waals surface area contributed by atoms with Crippen molar-refractivity contribution in [2.45, 2.75) is 0 Å². The summed E-state index contributed by atoms with van der Waals surface area (Å²) in [5.41, 5.74) is 1.91. The molecule has 0 fully saturated rings. The van der Waals surface area contributed by atoms with Crippen molar-refractivity contribution in [3.63, 3.8) is 0 Å². The van der Waals surface area contributed by atoms with Gasteiger partial charge in [-0.2, -0.15) is 0 Å². The number of rotatable bonds is 3. The molecule has 1 aliphatic rings. The third-order valence-corrected chi connectivity index (χ3v) is 4.79. The minimum Gasteiger partial charge on any atom is -0.321 e. The van der Waals surface area contributed by atoms with Crippen molar-refractivity contribution >= 4 is 40.0 Å². The molecule has 5 nitrogen and oxygen atoms in total. The highest BCUT2D eigenvalue weighted by Gasteiger charge is 2.31. The second-order valence-electron chi connectivity index (χ2n) is 6.24. The molecule has 0 spiro atoms. The largest absolute Gasteiger partial charge is 0.321 e. The molecule has 6 heteroatoms. The van der Waals surface area contributed by atoms with Crippen molar-refractivity contribution in [1.29, 1.82) is 0 Å². The van der Waals surface area contributed by atoms with Crippen molar-refractivity contribution in [2.75, 3.05) is 5.32 Å². The molecule has 0 atom stereocenters. The molecule has 0 radical (unpaired) electrons. The lowest BCUT2D eigenvalue weighted by Crippen LogP contribution is -2.23. The second-order valence-corrected chi connectivity index (χ2v) is 6.58. The molecule has 136 valence electrons. The smallest absolute Gasteiger partial charge is 0.255 e. The third-order valence-electron chi connectivity index (χ3n) is 4.57. The molecule has 0 aromatic heterocycles.